The van der Waals surface area contributed by atoms with E-state index in [4.69, 9.17) is 10.5 Å². The normalized spacial score (nSPS) is 12.5. The Morgan fingerprint density at radius 3 is 2.85 bits per heavy atom. The van der Waals surface area contributed by atoms with Gasteiger partial charge in [-0.3, -0.25) is 0 Å². The van der Waals surface area contributed by atoms with Crippen molar-refractivity contribution in [3.63, 3.8) is 0 Å². The fourth-order valence-electron chi connectivity index (χ4n) is 1.13. The molecule has 1 atom stereocenters. The molecular formula is C10H16N2O. The van der Waals surface area contributed by atoms with Crippen LogP contribution in [0.25, 0.3) is 0 Å². The van der Waals surface area contributed by atoms with Crippen molar-refractivity contribution in [2.24, 2.45) is 0 Å². The number of nitrogens with two attached hydrogens (primary N) is 1. The first kappa shape index (κ1) is 9.84. The molecule has 0 saturated carbocycles. The third-order valence-electron chi connectivity index (χ3n) is 1.78. The molecule has 3 nitrogen and oxygen atoms in total. The van der Waals surface area contributed by atoms with Gasteiger partial charge in [0.1, 0.15) is 0 Å². The van der Waals surface area contributed by atoms with Gasteiger partial charge in [0.2, 0.25) is 5.88 Å². The van der Waals surface area contributed by atoms with E-state index < -0.39 is 0 Å². The van der Waals surface area contributed by atoms with E-state index in [0.717, 1.165) is 12.8 Å². The first-order valence-electron chi connectivity index (χ1n) is 4.60. The highest BCUT2D eigenvalue weighted by Crippen LogP contribution is 2.12. The number of hydrogen-bond donors (Lipinski definition) is 1. The number of hydrogen-bond acceptors (Lipinski definition) is 3. The van der Waals surface area contributed by atoms with Crippen molar-refractivity contribution in [2.75, 3.05) is 5.73 Å². The van der Waals surface area contributed by atoms with Crippen molar-refractivity contribution in [1.82, 2.24) is 4.98 Å². The van der Waals surface area contributed by atoms with Crippen molar-refractivity contribution in [3.05, 3.63) is 18.3 Å². The lowest BCUT2D eigenvalue weighted by Crippen LogP contribution is -2.11. The lowest BCUT2D eigenvalue weighted by atomic mass is 10.2. The van der Waals surface area contributed by atoms with Gasteiger partial charge in [0.15, 0.2) is 0 Å². The molecule has 1 aromatic rings. The van der Waals surface area contributed by atoms with E-state index >= 15 is 0 Å². The van der Waals surface area contributed by atoms with Crippen LogP contribution in [0.5, 0.6) is 5.88 Å². The molecule has 0 bridgehead atoms. The number of rotatable bonds is 4. The summed E-state index contributed by atoms with van der Waals surface area (Å²) < 4.78 is 5.54. The van der Waals surface area contributed by atoms with Crippen LogP contribution in [-0.2, 0) is 0 Å². The van der Waals surface area contributed by atoms with Crippen molar-refractivity contribution in [3.8, 4) is 5.88 Å². The Morgan fingerprint density at radius 2 is 2.31 bits per heavy atom. The molecule has 0 saturated heterocycles. The summed E-state index contributed by atoms with van der Waals surface area (Å²) >= 11 is 0. The number of ether oxygens (including phenoxy) is 1. The highest BCUT2D eigenvalue weighted by Gasteiger charge is 2.02. The van der Waals surface area contributed by atoms with Crippen LogP contribution >= 0.6 is 0 Å². The largest absolute Gasteiger partial charge is 0.475 e. The van der Waals surface area contributed by atoms with Gasteiger partial charge in [-0.2, -0.15) is 0 Å². The summed E-state index contributed by atoms with van der Waals surface area (Å²) in [6.07, 6.45) is 4.00. The number of aromatic nitrogens is 1. The Balaban J connectivity index is 2.49. The smallest absolute Gasteiger partial charge is 0.213 e. The van der Waals surface area contributed by atoms with E-state index in [1.807, 2.05) is 6.92 Å². The molecule has 0 aliphatic heterocycles. The molecule has 0 fully saturated rings. The van der Waals surface area contributed by atoms with Crippen LogP contribution in [0.4, 0.5) is 5.69 Å². The molecular weight excluding hydrogens is 164 g/mol. The molecule has 2 N–H and O–H groups in total. The van der Waals surface area contributed by atoms with Gasteiger partial charge in [0.05, 0.1) is 18.0 Å². The lowest BCUT2D eigenvalue weighted by Gasteiger charge is -2.12. The molecule has 1 aromatic heterocycles. The average molecular weight is 180 g/mol. The van der Waals surface area contributed by atoms with E-state index in [0.29, 0.717) is 11.6 Å². The quantitative estimate of drug-likeness (QED) is 0.773. The van der Waals surface area contributed by atoms with E-state index in [1.165, 1.54) is 0 Å². The zero-order chi connectivity index (χ0) is 9.68. The number of anilines is 1. The zero-order valence-electron chi connectivity index (χ0n) is 8.16. The fourth-order valence-corrected chi connectivity index (χ4v) is 1.13. The third-order valence-corrected chi connectivity index (χ3v) is 1.78. The van der Waals surface area contributed by atoms with Crippen molar-refractivity contribution >= 4 is 5.69 Å². The molecule has 0 radical (unpaired) electrons. The van der Waals surface area contributed by atoms with E-state index in [1.54, 1.807) is 18.3 Å². The fraction of sp³-hybridized carbons (Fsp3) is 0.500. The Kier molecular flexibility index (Phi) is 3.55. The van der Waals surface area contributed by atoms with E-state index in [-0.39, 0.29) is 6.10 Å². The number of pyridine rings is 1. The summed E-state index contributed by atoms with van der Waals surface area (Å²) in [5, 5.41) is 0. The van der Waals surface area contributed by atoms with Gasteiger partial charge in [-0.15, -0.1) is 0 Å². The van der Waals surface area contributed by atoms with Gasteiger partial charge in [-0.25, -0.2) is 4.98 Å². The minimum atomic E-state index is 0.223. The minimum absolute atomic E-state index is 0.223. The molecule has 0 amide bonds. The van der Waals surface area contributed by atoms with Crippen molar-refractivity contribution in [2.45, 2.75) is 32.8 Å². The predicted molar refractivity (Wildman–Crippen MR) is 53.6 cm³/mol. The Morgan fingerprint density at radius 1 is 1.54 bits per heavy atom. The molecule has 0 aliphatic carbocycles. The number of nitrogen functional groups attached to an aromatic ring is 1. The highest BCUT2D eigenvalue weighted by atomic mass is 16.5. The second kappa shape index (κ2) is 4.70. The average Bonchev–Trinajstić information content (AvgIpc) is 2.09. The van der Waals surface area contributed by atoms with Crippen LogP contribution in [0.3, 0.4) is 0 Å². The van der Waals surface area contributed by atoms with Crippen LogP contribution in [0.15, 0.2) is 18.3 Å². The van der Waals surface area contributed by atoms with Gasteiger partial charge in [-0.05, 0) is 19.4 Å². The standard InChI is InChI=1S/C10H16N2O/c1-3-4-8(2)13-10-6-5-9(11)7-12-10/h5-8H,3-4,11H2,1-2H3. The number of nitrogens with zero attached hydrogens (tertiary/aromatic N) is 1. The predicted octanol–water partition coefficient (Wildman–Crippen LogP) is 2.23. The summed E-state index contributed by atoms with van der Waals surface area (Å²) in [5.74, 6) is 0.648. The molecule has 13 heavy (non-hydrogen) atoms. The molecule has 1 unspecified atom stereocenters. The summed E-state index contributed by atoms with van der Waals surface area (Å²) in [5.41, 5.74) is 6.16. The van der Waals surface area contributed by atoms with Crippen LogP contribution in [0.1, 0.15) is 26.7 Å². The molecule has 0 aromatic carbocycles. The van der Waals surface area contributed by atoms with Crippen LogP contribution in [-0.4, -0.2) is 11.1 Å². The molecule has 72 valence electrons. The molecule has 1 heterocycles. The van der Waals surface area contributed by atoms with Gasteiger partial charge >= 0.3 is 0 Å². The van der Waals surface area contributed by atoms with Crippen LogP contribution in [0, 0.1) is 0 Å². The molecule has 3 heteroatoms. The maximum absolute atomic E-state index is 5.54. The monoisotopic (exact) mass is 180 g/mol. The van der Waals surface area contributed by atoms with Gasteiger partial charge in [0, 0.05) is 6.07 Å². The second-order valence-corrected chi connectivity index (χ2v) is 3.15. The summed E-state index contributed by atoms with van der Waals surface area (Å²) in [7, 11) is 0. The lowest BCUT2D eigenvalue weighted by molar-refractivity contribution is 0.201. The Labute approximate surface area is 78.9 Å². The van der Waals surface area contributed by atoms with Crippen molar-refractivity contribution < 1.29 is 4.74 Å². The van der Waals surface area contributed by atoms with Gasteiger partial charge in [0.25, 0.3) is 0 Å². The van der Waals surface area contributed by atoms with Crippen LogP contribution in [0.2, 0.25) is 0 Å². The summed E-state index contributed by atoms with van der Waals surface area (Å²) in [6, 6.07) is 3.59. The first-order chi connectivity index (χ1) is 6.22. The summed E-state index contributed by atoms with van der Waals surface area (Å²) in [4.78, 5) is 4.05. The van der Waals surface area contributed by atoms with E-state index in [2.05, 4.69) is 11.9 Å². The minimum Gasteiger partial charge on any atom is -0.475 e. The maximum atomic E-state index is 5.54. The highest BCUT2D eigenvalue weighted by molar-refractivity contribution is 5.35. The molecule has 1 rings (SSSR count). The van der Waals surface area contributed by atoms with Crippen molar-refractivity contribution in [1.29, 1.82) is 0 Å². The first-order valence-corrected chi connectivity index (χ1v) is 4.60. The zero-order valence-corrected chi connectivity index (χ0v) is 8.16. The van der Waals surface area contributed by atoms with E-state index in [9.17, 15) is 0 Å². The molecule has 0 spiro atoms. The third kappa shape index (κ3) is 3.32. The van der Waals surface area contributed by atoms with Gasteiger partial charge in [-0.1, -0.05) is 13.3 Å². The SMILES string of the molecule is CCCC(C)Oc1ccc(N)cn1. The topological polar surface area (TPSA) is 48.1 Å². The Hall–Kier alpha value is -1.25. The van der Waals surface area contributed by atoms with Gasteiger partial charge < -0.3 is 10.5 Å². The van der Waals surface area contributed by atoms with Crippen LogP contribution < -0.4 is 10.5 Å². The Bertz CT molecular complexity index is 246. The summed E-state index contributed by atoms with van der Waals surface area (Å²) in [6.45, 7) is 4.18. The maximum Gasteiger partial charge on any atom is 0.213 e. The molecule has 0 aliphatic rings. The second-order valence-electron chi connectivity index (χ2n) is 3.15.